The summed E-state index contributed by atoms with van der Waals surface area (Å²) in [6, 6.07) is 15.9. The summed E-state index contributed by atoms with van der Waals surface area (Å²) in [5, 5.41) is 7.76. The topological polar surface area (TPSA) is 87.3 Å². The monoisotopic (exact) mass is 351 g/mol. The van der Waals surface area contributed by atoms with E-state index in [9.17, 15) is 14.4 Å². The number of benzene rings is 2. The maximum Gasteiger partial charge on any atom is 0.322 e. The molecule has 2 aromatic rings. The van der Waals surface area contributed by atoms with Crippen LogP contribution in [0.1, 0.15) is 31.9 Å². The molecule has 0 spiro atoms. The minimum atomic E-state index is -1.16. The average Bonchev–Trinajstić information content (AvgIpc) is 2.89. The van der Waals surface area contributed by atoms with Crippen LogP contribution in [0.2, 0.25) is 0 Å². The number of imide groups is 1. The highest BCUT2D eigenvalue weighted by molar-refractivity contribution is 6.07. The lowest BCUT2D eigenvalue weighted by molar-refractivity contribution is -0.123. The average molecular weight is 351 g/mol. The molecule has 6 nitrogen and oxygen atoms in total. The van der Waals surface area contributed by atoms with Crippen molar-refractivity contribution in [3.8, 4) is 0 Å². The van der Waals surface area contributed by atoms with Crippen molar-refractivity contribution in [3.05, 3.63) is 65.7 Å². The Hall–Kier alpha value is -3.15. The van der Waals surface area contributed by atoms with E-state index in [1.54, 1.807) is 31.2 Å². The number of rotatable bonds is 4. The Bertz CT molecular complexity index is 877. The summed E-state index contributed by atoms with van der Waals surface area (Å²) < 4.78 is 0. The van der Waals surface area contributed by atoms with E-state index in [1.165, 1.54) is 0 Å². The van der Waals surface area contributed by atoms with E-state index in [4.69, 9.17) is 0 Å². The minimum absolute atomic E-state index is 0.161. The molecular weight excluding hydrogens is 330 g/mol. The molecule has 1 aliphatic rings. The van der Waals surface area contributed by atoms with Crippen LogP contribution in [0.15, 0.2) is 54.6 Å². The first kappa shape index (κ1) is 17.7. The van der Waals surface area contributed by atoms with E-state index in [2.05, 4.69) is 16.0 Å². The van der Waals surface area contributed by atoms with Crippen LogP contribution in [0.3, 0.4) is 0 Å². The van der Waals surface area contributed by atoms with E-state index in [0.717, 1.165) is 5.56 Å². The molecule has 3 rings (SSSR count). The van der Waals surface area contributed by atoms with Crippen LogP contribution in [-0.4, -0.2) is 17.8 Å². The smallest absolute Gasteiger partial charge is 0.322 e. The number of amides is 4. The SMILES string of the molecule is CC(C)(C(=O)Nc1cccc([C@@]2(C)NC(=O)NC2=O)c1)c1ccccc1. The van der Waals surface area contributed by atoms with Gasteiger partial charge in [-0.15, -0.1) is 0 Å². The highest BCUT2D eigenvalue weighted by Gasteiger charge is 2.43. The second kappa shape index (κ2) is 6.29. The van der Waals surface area contributed by atoms with Crippen molar-refractivity contribution in [1.82, 2.24) is 10.6 Å². The Labute approximate surface area is 152 Å². The van der Waals surface area contributed by atoms with E-state index in [-0.39, 0.29) is 5.91 Å². The molecule has 4 amide bonds. The van der Waals surface area contributed by atoms with Crippen molar-refractivity contribution in [2.24, 2.45) is 0 Å². The summed E-state index contributed by atoms with van der Waals surface area (Å²) in [6.07, 6.45) is 0. The van der Waals surface area contributed by atoms with E-state index < -0.39 is 22.9 Å². The third-order valence-electron chi connectivity index (χ3n) is 4.81. The molecule has 1 aliphatic heterocycles. The van der Waals surface area contributed by atoms with Gasteiger partial charge in [-0.05, 0) is 44.0 Å². The zero-order chi connectivity index (χ0) is 18.9. The Morgan fingerprint density at radius 3 is 2.35 bits per heavy atom. The van der Waals surface area contributed by atoms with Crippen LogP contribution in [0, 0.1) is 0 Å². The van der Waals surface area contributed by atoms with Gasteiger partial charge in [0.05, 0.1) is 5.41 Å². The Morgan fingerprint density at radius 2 is 1.73 bits per heavy atom. The quantitative estimate of drug-likeness (QED) is 0.740. The van der Waals surface area contributed by atoms with E-state index >= 15 is 0 Å². The lowest BCUT2D eigenvalue weighted by atomic mass is 9.83. The summed E-state index contributed by atoms with van der Waals surface area (Å²) in [6.45, 7) is 5.34. The van der Waals surface area contributed by atoms with Crippen molar-refractivity contribution in [1.29, 1.82) is 0 Å². The lowest BCUT2D eigenvalue weighted by Gasteiger charge is -2.25. The molecule has 0 aromatic heterocycles. The fourth-order valence-electron chi connectivity index (χ4n) is 2.93. The maximum absolute atomic E-state index is 12.8. The number of carbonyl (C=O) groups excluding carboxylic acids is 3. The predicted molar refractivity (Wildman–Crippen MR) is 98.6 cm³/mol. The molecule has 2 aromatic carbocycles. The predicted octanol–water partition coefficient (Wildman–Crippen LogP) is 2.66. The molecule has 134 valence electrons. The van der Waals surface area contributed by atoms with E-state index in [0.29, 0.717) is 11.3 Å². The molecule has 26 heavy (non-hydrogen) atoms. The molecule has 1 saturated heterocycles. The van der Waals surface area contributed by atoms with Crippen LogP contribution in [0.25, 0.3) is 0 Å². The molecule has 1 heterocycles. The van der Waals surface area contributed by atoms with Gasteiger partial charge in [-0.25, -0.2) is 4.79 Å². The van der Waals surface area contributed by atoms with Gasteiger partial charge in [0, 0.05) is 5.69 Å². The zero-order valence-electron chi connectivity index (χ0n) is 14.9. The fraction of sp³-hybridized carbons (Fsp3) is 0.250. The van der Waals surface area contributed by atoms with Crippen molar-refractivity contribution >= 4 is 23.5 Å². The summed E-state index contributed by atoms with van der Waals surface area (Å²) >= 11 is 0. The van der Waals surface area contributed by atoms with Crippen LogP contribution in [0.5, 0.6) is 0 Å². The zero-order valence-corrected chi connectivity index (χ0v) is 14.9. The molecule has 0 radical (unpaired) electrons. The third-order valence-corrected chi connectivity index (χ3v) is 4.81. The van der Waals surface area contributed by atoms with Gasteiger partial charge < -0.3 is 10.6 Å². The van der Waals surface area contributed by atoms with Gasteiger partial charge in [0.2, 0.25) is 5.91 Å². The Balaban J connectivity index is 1.84. The lowest BCUT2D eigenvalue weighted by Crippen LogP contribution is -2.40. The number of urea groups is 1. The molecule has 0 bridgehead atoms. The van der Waals surface area contributed by atoms with Gasteiger partial charge in [0.15, 0.2) is 0 Å². The second-order valence-corrected chi connectivity index (χ2v) is 7.06. The number of hydrogen-bond donors (Lipinski definition) is 3. The highest BCUT2D eigenvalue weighted by atomic mass is 16.2. The molecular formula is C20H21N3O3. The normalized spacial score (nSPS) is 19.7. The van der Waals surface area contributed by atoms with E-state index in [1.807, 2.05) is 44.2 Å². The number of anilines is 1. The van der Waals surface area contributed by atoms with Gasteiger partial charge in [0.1, 0.15) is 5.54 Å². The van der Waals surface area contributed by atoms with Gasteiger partial charge in [-0.3, -0.25) is 14.9 Å². The first-order chi connectivity index (χ1) is 12.2. The van der Waals surface area contributed by atoms with Crippen LogP contribution >= 0.6 is 0 Å². The Kier molecular flexibility index (Phi) is 4.28. The second-order valence-electron chi connectivity index (χ2n) is 7.06. The van der Waals surface area contributed by atoms with Gasteiger partial charge in [0.25, 0.3) is 5.91 Å². The van der Waals surface area contributed by atoms with Crippen LogP contribution < -0.4 is 16.0 Å². The molecule has 0 unspecified atom stereocenters. The first-order valence-corrected chi connectivity index (χ1v) is 8.34. The molecule has 0 saturated carbocycles. The Morgan fingerprint density at radius 1 is 1.04 bits per heavy atom. The number of nitrogens with one attached hydrogen (secondary N) is 3. The molecule has 0 aliphatic carbocycles. The van der Waals surface area contributed by atoms with Gasteiger partial charge in [-0.1, -0.05) is 42.5 Å². The third kappa shape index (κ3) is 3.06. The van der Waals surface area contributed by atoms with Crippen molar-refractivity contribution in [2.75, 3.05) is 5.32 Å². The van der Waals surface area contributed by atoms with Crippen LogP contribution in [-0.2, 0) is 20.5 Å². The number of hydrogen-bond acceptors (Lipinski definition) is 3. The van der Waals surface area contributed by atoms with Crippen molar-refractivity contribution in [3.63, 3.8) is 0 Å². The molecule has 6 heteroatoms. The van der Waals surface area contributed by atoms with Crippen LogP contribution in [0.4, 0.5) is 10.5 Å². The summed E-state index contributed by atoms with van der Waals surface area (Å²) in [4.78, 5) is 36.4. The fourth-order valence-corrected chi connectivity index (χ4v) is 2.93. The summed E-state index contributed by atoms with van der Waals surface area (Å²) in [5.41, 5.74) is 0.179. The maximum atomic E-state index is 12.8. The van der Waals surface area contributed by atoms with Crippen molar-refractivity contribution in [2.45, 2.75) is 31.7 Å². The molecule has 3 N–H and O–H groups in total. The first-order valence-electron chi connectivity index (χ1n) is 8.34. The van der Waals surface area contributed by atoms with Gasteiger partial charge in [-0.2, -0.15) is 0 Å². The minimum Gasteiger partial charge on any atom is -0.325 e. The molecule has 1 fully saturated rings. The number of carbonyl (C=O) groups is 3. The standard InChI is InChI=1S/C20H21N3O3/c1-19(2,13-8-5-4-6-9-13)16(24)21-15-11-7-10-14(12-15)20(3)17(25)22-18(26)23-20/h4-12H,1-3H3,(H,21,24)(H2,22,23,25,26)/t20-/m1/s1. The summed E-state index contributed by atoms with van der Waals surface area (Å²) in [7, 11) is 0. The van der Waals surface area contributed by atoms with Gasteiger partial charge >= 0.3 is 6.03 Å². The largest absolute Gasteiger partial charge is 0.325 e. The van der Waals surface area contributed by atoms with Crippen molar-refractivity contribution < 1.29 is 14.4 Å². The summed E-state index contributed by atoms with van der Waals surface area (Å²) in [5.74, 6) is -0.582. The molecule has 1 atom stereocenters. The highest BCUT2D eigenvalue weighted by Crippen LogP contribution is 2.28.